The maximum absolute atomic E-state index is 10.8. The molecule has 2 N–H and O–H groups in total. The summed E-state index contributed by atoms with van der Waals surface area (Å²) in [6.45, 7) is 2.02. The molecule has 1 fully saturated rings. The molecule has 0 amide bonds. The van der Waals surface area contributed by atoms with Crippen molar-refractivity contribution in [2.75, 3.05) is 26.2 Å². The van der Waals surface area contributed by atoms with E-state index in [-0.39, 0.29) is 34.0 Å². The van der Waals surface area contributed by atoms with Crippen molar-refractivity contribution in [3.05, 3.63) is 67.8 Å². The molecule has 156 valence electrons. The number of hydrazone groups is 2. The van der Waals surface area contributed by atoms with Crippen LogP contribution in [0, 0.1) is 20.2 Å². The van der Waals surface area contributed by atoms with Crippen LogP contribution in [0.3, 0.4) is 0 Å². The van der Waals surface area contributed by atoms with Crippen LogP contribution in [-0.2, 0) is 0 Å². The van der Waals surface area contributed by atoms with Gasteiger partial charge in [-0.05, 0) is 12.1 Å². The zero-order valence-electron chi connectivity index (χ0n) is 15.7. The Kier molecular flexibility index (Phi) is 6.05. The van der Waals surface area contributed by atoms with E-state index < -0.39 is 9.85 Å². The van der Waals surface area contributed by atoms with E-state index >= 15 is 0 Å². The number of non-ortho nitro benzene ring substituents is 2. The zero-order chi connectivity index (χ0) is 21.7. The Labute approximate surface area is 170 Å². The molecule has 3 rings (SSSR count). The van der Waals surface area contributed by atoms with Gasteiger partial charge >= 0.3 is 0 Å². The predicted molar refractivity (Wildman–Crippen MR) is 108 cm³/mol. The molecule has 0 atom stereocenters. The SMILES string of the molecule is O=[N+]([O-])c1ccc(O)c(/C=N/N2CCN(/N=C/c3cc([N+](=O)[O-])ccc3O)CC2)c1. The Morgan fingerprint density at radius 3 is 1.47 bits per heavy atom. The second kappa shape index (κ2) is 8.86. The summed E-state index contributed by atoms with van der Waals surface area (Å²) < 4.78 is 0. The maximum Gasteiger partial charge on any atom is 0.270 e. The molecule has 0 radical (unpaired) electrons. The van der Waals surface area contributed by atoms with Gasteiger partial charge < -0.3 is 10.2 Å². The Morgan fingerprint density at radius 1 is 0.767 bits per heavy atom. The van der Waals surface area contributed by atoms with Crippen molar-refractivity contribution in [3.63, 3.8) is 0 Å². The lowest BCUT2D eigenvalue weighted by atomic mass is 10.2. The highest BCUT2D eigenvalue weighted by molar-refractivity contribution is 5.84. The van der Waals surface area contributed by atoms with Crippen molar-refractivity contribution in [3.8, 4) is 11.5 Å². The third-order valence-corrected chi connectivity index (χ3v) is 4.40. The highest BCUT2D eigenvalue weighted by Crippen LogP contribution is 2.22. The number of nitrogens with zero attached hydrogens (tertiary/aromatic N) is 6. The van der Waals surface area contributed by atoms with Crippen LogP contribution in [0.15, 0.2) is 46.6 Å². The van der Waals surface area contributed by atoms with E-state index in [0.717, 1.165) is 0 Å². The number of hydrogen-bond donors (Lipinski definition) is 2. The van der Waals surface area contributed by atoms with E-state index in [9.17, 15) is 30.4 Å². The number of nitro benzene ring substituents is 2. The first kappa shape index (κ1) is 20.5. The molecule has 1 aliphatic heterocycles. The third-order valence-electron chi connectivity index (χ3n) is 4.40. The minimum Gasteiger partial charge on any atom is -0.507 e. The summed E-state index contributed by atoms with van der Waals surface area (Å²) in [5.74, 6) is -0.214. The van der Waals surface area contributed by atoms with E-state index in [1.165, 1.54) is 48.8 Å². The molecule has 0 saturated carbocycles. The standard InChI is InChI=1S/C18H18N6O6/c25-17-3-1-15(23(27)28)9-13(17)11-19-21-5-7-22(8-6-21)20-12-14-10-16(24(29)30)2-4-18(14)26/h1-4,9-12,25-26H,5-8H2/b19-11+,20-12+. The van der Waals surface area contributed by atoms with Gasteiger partial charge in [0.05, 0.1) is 48.5 Å². The highest BCUT2D eigenvalue weighted by atomic mass is 16.6. The Morgan fingerprint density at radius 2 is 1.13 bits per heavy atom. The number of aromatic hydroxyl groups is 2. The minimum atomic E-state index is -0.549. The molecule has 0 aliphatic carbocycles. The van der Waals surface area contributed by atoms with E-state index in [0.29, 0.717) is 26.2 Å². The van der Waals surface area contributed by atoms with Gasteiger partial charge in [-0.15, -0.1) is 0 Å². The number of phenolic OH excluding ortho intramolecular Hbond substituents is 2. The topological polar surface area (TPSA) is 158 Å². The number of phenols is 2. The van der Waals surface area contributed by atoms with E-state index in [4.69, 9.17) is 0 Å². The van der Waals surface area contributed by atoms with Gasteiger partial charge in [0.2, 0.25) is 0 Å². The van der Waals surface area contributed by atoms with Crippen LogP contribution >= 0.6 is 0 Å². The highest BCUT2D eigenvalue weighted by Gasteiger charge is 2.15. The largest absolute Gasteiger partial charge is 0.507 e. The van der Waals surface area contributed by atoms with Gasteiger partial charge in [-0.2, -0.15) is 10.2 Å². The lowest BCUT2D eigenvalue weighted by molar-refractivity contribution is -0.385. The smallest absolute Gasteiger partial charge is 0.270 e. The van der Waals surface area contributed by atoms with Gasteiger partial charge in [-0.25, -0.2) is 0 Å². The number of hydrogen-bond acceptors (Lipinski definition) is 10. The fraction of sp³-hybridized carbons (Fsp3) is 0.222. The number of piperazine rings is 1. The maximum atomic E-state index is 10.8. The first-order valence-corrected chi connectivity index (χ1v) is 8.86. The molecule has 0 unspecified atom stereocenters. The van der Waals surface area contributed by atoms with Gasteiger partial charge in [0.15, 0.2) is 0 Å². The molecule has 1 aliphatic rings. The van der Waals surface area contributed by atoms with Gasteiger partial charge in [0.25, 0.3) is 11.4 Å². The fourth-order valence-electron chi connectivity index (χ4n) is 2.72. The van der Waals surface area contributed by atoms with Crippen LogP contribution in [0.2, 0.25) is 0 Å². The quantitative estimate of drug-likeness (QED) is 0.412. The van der Waals surface area contributed by atoms with Crippen LogP contribution in [0.5, 0.6) is 11.5 Å². The zero-order valence-corrected chi connectivity index (χ0v) is 15.7. The Balaban J connectivity index is 1.59. The first-order valence-electron chi connectivity index (χ1n) is 8.86. The monoisotopic (exact) mass is 414 g/mol. The third kappa shape index (κ3) is 4.98. The van der Waals surface area contributed by atoms with E-state index in [2.05, 4.69) is 10.2 Å². The molecule has 12 heteroatoms. The molecule has 12 nitrogen and oxygen atoms in total. The average Bonchev–Trinajstić information content (AvgIpc) is 2.73. The summed E-state index contributed by atoms with van der Waals surface area (Å²) in [4.78, 5) is 20.6. The Bertz CT molecular complexity index is 935. The van der Waals surface area contributed by atoms with Crippen molar-refractivity contribution < 1.29 is 20.1 Å². The average molecular weight is 414 g/mol. The molecular formula is C18H18N6O6. The minimum absolute atomic E-state index is 0.107. The molecule has 0 bridgehead atoms. The second-order valence-electron chi connectivity index (χ2n) is 6.40. The van der Waals surface area contributed by atoms with Crippen LogP contribution in [0.1, 0.15) is 11.1 Å². The van der Waals surface area contributed by atoms with Crippen LogP contribution < -0.4 is 0 Å². The van der Waals surface area contributed by atoms with Gasteiger partial charge in [-0.3, -0.25) is 30.2 Å². The molecule has 2 aromatic rings. The van der Waals surface area contributed by atoms with Crippen molar-refractivity contribution in [1.82, 2.24) is 10.0 Å². The van der Waals surface area contributed by atoms with Crippen molar-refractivity contribution in [1.29, 1.82) is 0 Å². The van der Waals surface area contributed by atoms with Crippen molar-refractivity contribution in [2.24, 2.45) is 10.2 Å². The predicted octanol–water partition coefficient (Wildman–Crippen LogP) is 1.90. The molecule has 1 heterocycles. The van der Waals surface area contributed by atoms with Gasteiger partial charge in [0, 0.05) is 35.4 Å². The summed E-state index contributed by atoms with van der Waals surface area (Å²) in [6, 6.07) is 7.39. The summed E-state index contributed by atoms with van der Waals surface area (Å²) in [5, 5.41) is 53.3. The molecule has 1 saturated heterocycles. The first-order chi connectivity index (χ1) is 14.3. The number of benzene rings is 2. The lowest BCUT2D eigenvalue weighted by Gasteiger charge is -2.31. The molecule has 0 spiro atoms. The summed E-state index contributed by atoms with van der Waals surface area (Å²) >= 11 is 0. The van der Waals surface area contributed by atoms with Gasteiger partial charge in [0.1, 0.15) is 11.5 Å². The molecular weight excluding hydrogens is 396 g/mol. The van der Waals surface area contributed by atoms with Crippen molar-refractivity contribution >= 4 is 23.8 Å². The van der Waals surface area contributed by atoms with Crippen LogP contribution in [-0.4, -0.2) is 68.7 Å². The van der Waals surface area contributed by atoms with Gasteiger partial charge in [-0.1, -0.05) is 0 Å². The summed E-state index contributed by atoms with van der Waals surface area (Å²) in [5.41, 5.74) is 0.201. The van der Waals surface area contributed by atoms with Crippen LogP contribution in [0.4, 0.5) is 11.4 Å². The second-order valence-corrected chi connectivity index (χ2v) is 6.40. The lowest BCUT2D eigenvalue weighted by Crippen LogP contribution is -2.41. The molecule has 2 aromatic carbocycles. The van der Waals surface area contributed by atoms with Crippen LogP contribution in [0.25, 0.3) is 0 Å². The summed E-state index contributed by atoms with van der Waals surface area (Å²) in [6.07, 6.45) is 2.73. The van der Waals surface area contributed by atoms with E-state index in [1.54, 1.807) is 10.0 Å². The van der Waals surface area contributed by atoms with Crippen molar-refractivity contribution in [2.45, 2.75) is 0 Å². The Hall–Kier alpha value is -4.22. The molecule has 30 heavy (non-hydrogen) atoms. The van der Waals surface area contributed by atoms with E-state index in [1.807, 2.05) is 0 Å². The summed E-state index contributed by atoms with van der Waals surface area (Å²) in [7, 11) is 0. The number of nitro groups is 2. The number of rotatable bonds is 6. The fourth-order valence-corrected chi connectivity index (χ4v) is 2.72. The normalized spacial score (nSPS) is 14.5. The molecule has 0 aromatic heterocycles.